The van der Waals surface area contributed by atoms with E-state index in [1.165, 1.54) is 30.6 Å². The molecule has 1 aliphatic heterocycles. The zero-order chi connectivity index (χ0) is 15.6. The third-order valence-corrected chi connectivity index (χ3v) is 7.45. The second-order valence-electron chi connectivity index (χ2n) is 6.14. The highest BCUT2D eigenvalue weighted by molar-refractivity contribution is 8.00. The minimum atomic E-state index is -3.02. The molecule has 1 unspecified atom stereocenters. The van der Waals surface area contributed by atoms with Gasteiger partial charge in [-0.2, -0.15) is 0 Å². The maximum Gasteiger partial charge on any atom is 0.228 e. The van der Waals surface area contributed by atoms with Crippen molar-refractivity contribution >= 4 is 33.2 Å². The van der Waals surface area contributed by atoms with E-state index in [4.69, 9.17) is 0 Å². The van der Waals surface area contributed by atoms with Crippen molar-refractivity contribution in [2.45, 2.75) is 42.2 Å². The van der Waals surface area contributed by atoms with Crippen LogP contribution in [-0.2, 0) is 14.6 Å². The number of sulfone groups is 1. The summed E-state index contributed by atoms with van der Waals surface area (Å²) in [4.78, 5) is 13.3. The number of benzene rings is 1. The standard InChI is InChI=1S/C16H21NO3S2/c18-16(12-9-10-22(19,20)11-12)17-13-5-7-15(8-6-13)21-14-3-1-2-4-14/h5-8,12,14H,1-4,9-11H2,(H,17,18). The summed E-state index contributed by atoms with van der Waals surface area (Å²) in [5.74, 6) is -0.480. The van der Waals surface area contributed by atoms with Crippen molar-refractivity contribution in [2.75, 3.05) is 16.8 Å². The summed E-state index contributed by atoms with van der Waals surface area (Å²) in [6, 6.07) is 7.87. The molecule has 1 heterocycles. The molecule has 1 aromatic rings. The fraction of sp³-hybridized carbons (Fsp3) is 0.562. The van der Waals surface area contributed by atoms with Gasteiger partial charge in [0.15, 0.2) is 9.84 Å². The Morgan fingerprint density at radius 3 is 2.36 bits per heavy atom. The largest absolute Gasteiger partial charge is 0.326 e. The molecule has 2 aliphatic rings. The smallest absolute Gasteiger partial charge is 0.228 e. The Labute approximate surface area is 136 Å². The van der Waals surface area contributed by atoms with E-state index >= 15 is 0 Å². The highest BCUT2D eigenvalue weighted by atomic mass is 32.2. The lowest BCUT2D eigenvalue weighted by Gasteiger charge is -2.11. The van der Waals surface area contributed by atoms with Crippen LogP contribution < -0.4 is 5.32 Å². The van der Waals surface area contributed by atoms with Crippen LogP contribution in [0.15, 0.2) is 29.2 Å². The molecule has 1 aliphatic carbocycles. The quantitative estimate of drug-likeness (QED) is 0.915. The second-order valence-corrected chi connectivity index (χ2v) is 9.74. The van der Waals surface area contributed by atoms with Crippen LogP contribution in [0.3, 0.4) is 0 Å². The SMILES string of the molecule is O=C(Nc1ccc(SC2CCCC2)cc1)C1CCS(=O)(=O)C1. The molecule has 22 heavy (non-hydrogen) atoms. The fourth-order valence-electron chi connectivity index (χ4n) is 3.06. The topological polar surface area (TPSA) is 63.2 Å². The summed E-state index contributed by atoms with van der Waals surface area (Å²) >= 11 is 1.91. The average Bonchev–Trinajstić information content (AvgIpc) is 3.10. The third kappa shape index (κ3) is 4.04. The minimum Gasteiger partial charge on any atom is -0.326 e. The van der Waals surface area contributed by atoms with Gasteiger partial charge in [0, 0.05) is 15.8 Å². The first kappa shape index (κ1) is 15.9. The number of hydrogen-bond acceptors (Lipinski definition) is 4. The van der Waals surface area contributed by atoms with E-state index in [-0.39, 0.29) is 17.4 Å². The Bertz CT molecular complexity index is 634. The van der Waals surface area contributed by atoms with Crippen molar-refractivity contribution in [3.63, 3.8) is 0 Å². The summed E-state index contributed by atoms with van der Waals surface area (Å²) in [6.07, 6.45) is 5.68. The average molecular weight is 339 g/mol. The summed E-state index contributed by atoms with van der Waals surface area (Å²) in [7, 11) is -3.02. The predicted molar refractivity (Wildman–Crippen MR) is 89.9 cm³/mol. The zero-order valence-corrected chi connectivity index (χ0v) is 14.1. The summed E-state index contributed by atoms with van der Waals surface area (Å²) in [6.45, 7) is 0. The molecular weight excluding hydrogens is 318 g/mol. The van der Waals surface area contributed by atoms with Gasteiger partial charge in [0.25, 0.3) is 0 Å². The third-order valence-electron chi connectivity index (χ3n) is 4.33. The Morgan fingerprint density at radius 2 is 1.77 bits per heavy atom. The maximum absolute atomic E-state index is 12.1. The summed E-state index contributed by atoms with van der Waals surface area (Å²) in [5, 5.41) is 3.56. The van der Waals surface area contributed by atoms with Crippen LogP contribution in [0.25, 0.3) is 0 Å². The number of nitrogens with one attached hydrogen (secondary N) is 1. The van der Waals surface area contributed by atoms with Gasteiger partial charge in [-0.15, -0.1) is 11.8 Å². The Kier molecular flexibility index (Phi) is 4.78. The van der Waals surface area contributed by atoms with Gasteiger partial charge in [0.2, 0.25) is 5.91 Å². The zero-order valence-electron chi connectivity index (χ0n) is 12.5. The Morgan fingerprint density at radius 1 is 1.09 bits per heavy atom. The number of rotatable bonds is 4. The second kappa shape index (κ2) is 6.62. The molecule has 1 saturated heterocycles. The van der Waals surface area contributed by atoms with Crippen molar-refractivity contribution in [1.29, 1.82) is 0 Å². The molecule has 2 fully saturated rings. The van der Waals surface area contributed by atoms with Crippen LogP contribution in [0.2, 0.25) is 0 Å². The Hall–Kier alpha value is -1.01. The van der Waals surface area contributed by atoms with Crippen LogP contribution >= 0.6 is 11.8 Å². The van der Waals surface area contributed by atoms with Gasteiger partial charge < -0.3 is 5.32 Å². The molecule has 0 spiro atoms. The highest BCUT2D eigenvalue weighted by Gasteiger charge is 2.32. The Balaban J connectivity index is 1.55. The first-order chi connectivity index (χ1) is 10.5. The van der Waals surface area contributed by atoms with Crippen molar-refractivity contribution in [1.82, 2.24) is 0 Å². The normalized spacial score (nSPS) is 24.5. The first-order valence-corrected chi connectivity index (χ1v) is 10.5. The molecule has 6 heteroatoms. The van der Waals surface area contributed by atoms with Gasteiger partial charge in [0.05, 0.1) is 17.4 Å². The van der Waals surface area contributed by atoms with E-state index < -0.39 is 15.8 Å². The number of thioether (sulfide) groups is 1. The van der Waals surface area contributed by atoms with Crippen molar-refractivity contribution < 1.29 is 13.2 Å². The highest BCUT2D eigenvalue weighted by Crippen LogP contribution is 2.35. The molecule has 1 atom stereocenters. The van der Waals surface area contributed by atoms with Crippen LogP contribution in [0.5, 0.6) is 0 Å². The fourth-order valence-corrected chi connectivity index (χ4v) is 6.05. The summed E-state index contributed by atoms with van der Waals surface area (Å²) < 4.78 is 22.8. The molecule has 1 N–H and O–H groups in total. The molecule has 1 amide bonds. The van der Waals surface area contributed by atoms with Gasteiger partial charge in [-0.05, 0) is 43.5 Å². The number of hydrogen-bond donors (Lipinski definition) is 1. The lowest BCUT2D eigenvalue weighted by molar-refractivity contribution is -0.119. The van der Waals surface area contributed by atoms with Crippen LogP contribution in [0.1, 0.15) is 32.1 Å². The van der Waals surface area contributed by atoms with E-state index in [1.54, 1.807) is 0 Å². The van der Waals surface area contributed by atoms with E-state index in [1.807, 2.05) is 36.0 Å². The van der Waals surface area contributed by atoms with E-state index in [0.29, 0.717) is 6.42 Å². The number of anilines is 1. The number of carbonyl (C=O) groups is 1. The monoisotopic (exact) mass is 339 g/mol. The summed E-state index contributed by atoms with van der Waals surface area (Å²) in [5.41, 5.74) is 0.741. The molecular formula is C16H21NO3S2. The van der Waals surface area contributed by atoms with E-state index in [9.17, 15) is 13.2 Å². The number of carbonyl (C=O) groups excluding carboxylic acids is 1. The first-order valence-electron chi connectivity index (χ1n) is 7.80. The molecule has 4 nitrogen and oxygen atoms in total. The van der Waals surface area contributed by atoms with Gasteiger partial charge in [-0.25, -0.2) is 8.42 Å². The van der Waals surface area contributed by atoms with Gasteiger partial charge in [-0.1, -0.05) is 12.8 Å². The van der Waals surface area contributed by atoms with E-state index in [2.05, 4.69) is 5.32 Å². The van der Waals surface area contributed by atoms with Crippen LogP contribution in [0.4, 0.5) is 5.69 Å². The molecule has 0 radical (unpaired) electrons. The molecule has 1 saturated carbocycles. The van der Waals surface area contributed by atoms with E-state index in [0.717, 1.165) is 10.9 Å². The molecule has 0 aromatic heterocycles. The van der Waals surface area contributed by atoms with Gasteiger partial charge in [0.1, 0.15) is 0 Å². The van der Waals surface area contributed by atoms with Crippen molar-refractivity contribution in [2.24, 2.45) is 5.92 Å². The predicted octanol–water partition coefficient (Wildman–Crippen LogP) is 3.09. The van der Waals surface area contributed by atoms with Crippen molar-refractivity contribution in [3.8, 4) is 0 Å². The molecule has 120 valence electrons. The van der Waals surface area contributed by atoms with Crippen molar-refractivity contribution in [3.05, 3.63) is 24.3 Å². The van der Waals surface area contributed by atoms with Crippen LogP contribution in [0, 0.1) is 5.92 Å². The minimum absolute atomic E-state index is 0.0194. The lowest BCUT2D eigenvalue weighted by atomic mass is 10.1. The molecule has 3 rings (SSSR count). The maximum atomic E-state index is 12.1. The van der Waals surface area contributed by atoms with Gasteiger partial charge in [-0.3, -0.25) is 4.79 Å². The van der Waals surface area contributed by atoms with Gasteiger partial charge >= 0.3 is 0 Å². The lowest BCUT2D eigenvalue weighted by Crippen LogP contribution is -2.23. The molecule has 1 aromatic carbocycles. The number of amides is 1. The molecule has 0 bridgehead atoms. The van der Waals surface area contributed by atoms with Crippen LogP contribution in [-0.4, -0.2) is 31.1 Å².